The van der Waals surface area contributed by atoms with E-state index in [-0.39, 0.29) is 0 Å². The smallest absolute Gasteiger partial charge is 0.326 e. The van der Waals surface area contributed by atoms with Crippen LogP contribution < -0.4 is 10.6 Å². The second-order valence-electron chi connectivity index (χ2n) is 5.52. The van der Waals surface area contributed by atoms with Gasteiger partial charge >= 0.3 is 12.0 Å². The minimum absolute atomic E-state index is 0.357. The molecule has 0 radical (unpaired) electrons. The summed E-state index contributed by atoms with van der Waals surface area (Å²) < 4.78 is 4.81. The Kier molecular flexibility index (Phi) is 5.55. The number of hydrogen-bond acceptors (Lipinski definition) is 6. The second kappa shape index (κ2) is 7.43. The molecule has 0 unspecified atom stereocenters. The fourth-order valence-corrected chi connectivity index (χ4v) is 2.75. The van der Waals surface area contributed by atoms with E-state index in [1.807, 2.05) is 17.5 Å². The number of carbonyl (C=O) groups excluding carboxylic acids is 4. The van der Waals surface area contributed by atoms with Gasteiger partial charge in [-0.1, -0.05) is 13.0 Å². The van der Waals surface area contributed by atoms with Gasteiger partial charge in [-0.05, 0) is 24.8 Å². The third-order valence-electron chi connectivity index (χ3n) is 3.74. The van der Waals surface area contributed by atoms with Crippen LogP contribution in [0.2, 0.25) is 0 Å². The maximum Gasteiger partial charge on any atom is 0.326 e. The van der Waals surface area contributed by atoms with Gasteiger partial charge in [-0.2, -0.15) is 0 Å². The molecule has 1 aromatic rings. The van der Waals surface area contributed by atoms with Crippen LogP contribution in [0.5, 0.6) is 0 Å². The Hall–Kier alpha value is -2.42. The van der Waals surface area contributed by atoms with Crippen LogP contribution in [0.1, 0.15) is 25.1 Å². The number of ether oxygens (including phenoxy) is 1. The highest BCUT2D eigenvalue weighted by Gasteiger charge is 2.47. The van der Waals surface area contributed by atoms with Crippen molar-refractivity contribution in [3.8, 4) is 0 Å². The number of nitrogens with one attached hydrogen (secondary N) is 2. The van der Waals surface area contributed by atoms with Gasteiger partial charge in [0.05, 0.1) is 6.54 Å². The van der Waals surface area contributed by atoms with Crippen molar-refractivity contribution in [2.45, 2.75) is 32.4 Å². The van der Waals surface area contributed by atoms with Crippen molar-refractivity contribution in [2.75, 3.05) is 13.2 Å². The van der Waals surface area contributed by atoms with Gasteiger partial charge in [0, 0.05) is 4.88 Å². The average Bonchev–Trinajstić information content (AvgIpc) is 3.14. The Bertz CT molecular complexity index is 646. The van der Waals surface area contributed by atoms with E-state index in [1.165, 1.54) is 11.3 Å². The Labute approximate surface area is 143 Å². The molecule has 24 heavy (non-hydrogen) atoms. The summed E-state index contributed by atoms with van der Waals surface area (Å²) in [6.07, 6.45) is 0.411. The Morgan fingerprint density at radius 2 is 2.17 bits per heavy atom. The van der Waals surface area contributed by atoms with Crippen LogP contribution in [-0.2, 0) is 25.7 Å². The molecule has 0 spiro atoms. The van der Waals surface area contributed by atoms with Crippen molar-refractivity contribution in [3.63, 3.8) is 0 Å². The largest absolute Gasteiger partial charge is 0.454 e. The van der Waals surface area contributed by atoms with Crippen molar-refractivity contribution in [1.82, 2.24) is 15.5 Å². The molecule has 0 saturated carbocycles. The highest BCUT2D eigenvalue weighted by molar-refractivity contribution is 7.09. The maximum atomic E-state index is 12.1. The van der Waals surface area contributed by atoms with Crippen molar-refractivity contribution in [1.29, 1.82) is 0 Å². The molecule has 1 aliphatic rings. The Morgan fingerprint density at radius 3 is 2.75 bits per heavy atom. The van der Waals surface area contributed by atoms with Gasteiger partial charge in [-0.25, -0.2) is 4.79 Å². The number of thiophene rings is 1. The summed E-state index contributed by atoms with van der Waals surface area (Å²) in [7, 11) is 0. The molecular weight excluding hydrogens is 334 g/mol. The molecule has 130 valence electrons. The maximum absolute atomic E-state index is 12.1. The van der Waals surface area contributed by atoms with Gasteiger partial charge in [-0.15, -0.1) is 11.3 Å². The lowest BCUT2D eigenvalue weighted by Crippen LogP contribution is -2.43. The average molecular weight is 353 g/mol. The first-order valence-electron chi connectivity index (χ1n) is 7.44. The van der Waals surface area contributed by atoms with Crippen LogP contribution in [0.25, 0.3) is 0 Å². The molecule has 1 aliphatic heterocycles. The molecule has 0 aromatic carbocycles. The third kappa shape index (κ3) is 4.10. The highest BCUT2D eigenvalue weighted by atomic mass is 32.1. The number of amides is 4. The molecule has 2 rings (SSSR count). The summed E-state index contributed by atoms with van der Waals surface area (Å²) in [4.78, 5) is 49.1. The van der Waals surface area contributed by atoms with Crippen LogP contribution in [-0.4, -0.2) is 47.4 Å². The van der Waals surface area contributed by atoms with E-state index in [2.05, 4.69) is 10.6 Å². The van der Waals surface area contributed by atoms with Crippen molar-refractivity contribution >= 4 is 35.2 Å². The Balaban J connectivity index is 1.76. The highest BCUT2D eigenvalue weighted by Crippen LogP contribution is 2.20. The first-order valence-corrected chi connectivity index (χ1v) is 8.32. The molecule has 1 saturated heterocycles. The molecule has 4 amide bonds. The summed E-state index contributed by atoms with van der Waals surface area (Å²) in [6, 6.07) is 3.11. The zero-order valence-corrected chi connectivity index (χ0v) is 14.3. The predicted molar refractivity (Wildman–Crippen MR) is 86.1 cm³/mol. The molecule has 2 N–H and O–H groups in total. The lowest BCUT2D eigenvalue weighted by Gasteiger charge is -2.18. The zero-order valence-electron chi connectivity index (χ0n) is 13.5. The van der Waals surface area contributed by atoms with E-state index in [0.717, 1.165) is 9.78 Å². The number of hydrogen-bond donors (Lipinski definition) is 2. The lowest BCUT2D eigenvalue weighted by molar-refractivity contribution is -0.151. The van der Waals surface area contributed by atoms with Gasteiger partial charge in [0.15, 0.2) is 6.61 Å². The van der Waals surface area contributed by atoms with E-state index >= 15 is 0 Å². The molecular formula is C15H19N3O5S. The first-order chi connectivity index (χ1) is 11.4. The van der Waals surface area contributed by atoms with E-state index in [0.29, 0.717) is 13.0 Å². The van der Waals surface area contributed by atoms with Crippen LogP contribution in [0.15, 0.2) is 17.5 Å². The Morgan fingerprint density at radius 1 is 1.42 bits per heavy atom. The van der Waals surface area contributed by atoms with Crippen LogP contribution in [0, 0.1) is 0 Å². The second-order valence-corrected chi connectivity index (χ2v) is 6.56. The zero-order chi connectivity index (χ0) is 17.7. The monoisotopic (exact) mass is 353 g/mol. The predicted octanol–water partition coefficient (Wildman–Crippen LogP) is 0.628. The summed E-state index contributed by atoms with van der Waals surface area (Å²) in [5.41, 5.74) is -1.00. The molecule has 1 aromatic heterocycles. The fourth-order valence-electron chi connectivity index (χ4n) is 2.10. The third-order valence-corrected chi connectivity index (χ3v) is 4.62. The summed E-state index contributed by atoms with van der Waals surface area (Å²) in [5.74, 6) is -1.74. The molecule has 9 heteroatoms. The van der Waals surface area contributed by atoms with Crippen LogP contribution in [0.3, 0.4) is 0 Å². The number of esters is 1. The van der Waals surface area contributed by atoms with E-state index in [9.17, 15) is 19.2 Å². The van der Waals surface area contributed by atoms with Gasteiger partial charge in [0.25, 0.3) is 11.8 Å². The van der Waals surface area contributed by atoms with E-state index in [1.54, 1.807) is 13.8 Å². The summed E-state index contributed by atoms with van der Waals surface area (Å²) >= 11 is 1.50. The number of urea groups is 1. The number of imide groups is 1. The lowest BCUT2D eigenvalue weighted by atomic mass is 9.99. The van der Waals surface area contributed by atoms with Crippen molar-refractivity contribution in [2.24, 2.45) is 0 Å². The molecule has 0 bridgehead atoms. The molecule has 1 fully saturated rings. The number of nitrogens with zero attached hydrogens (tertiary/aromatic N) is 1. The SMILES string of the molecule is CC[C@]1(C)NC(=O)N(CC(=O)OCC(=O)NCc2cccs2)C1=O. The quantitative estimate of drug-likeness (QED) is 0.552. The first kappa shape index (κ1) is 17.9. The standard InChI is InChI=1S/C15H19N3O5S/c1-3-15(2)13(21)18(14(22)17-15)8-12(20)23-9-11(19)16-7-10-5-4-6-24-10/h4-6H,3,7-9H2,1-2H3,(H,16,19)(H,17,22)/t15-/m0/s1. The molecule has 8 nitrogen and oxygen atoms in total. The van der Waals surface area contributed by atoms with E-state index in [4.69, 9.17) is 4.74 Å². The van der Waals surface area contributed by atoms with Gasteiger partial charge in [0.2, 0.25) is 0 Å². The molecule has 1 atom stereocenters. The minimum Gasteiger partial charge on any atom is -0.454 e. The van der Waals surface area contributed by atoms with Gasteiger partial charge < -0.3 is 15.4 Å². The summed E-state index contributed by atoms with van der Waals surface area (Å²) in [5, 5.41) is 7.04. The number of carbonyl (C=O) groups is 4. The van der Waals surface area contributed by atoms with Gasteiger partial charge in [-0.3, -0.25) is 19.3 Å². The van der Waals surface area contributed by atoms with Gasteiger partial charge in [0.1, 0.15) is 12.1 Å². The summed E-state index contributed by atoms with van der Waals surface area (Å²) in [6.45, 7) is 2.74. The topological polar surface area (TPSA) is 105 Å². The van der Waals surface area contributed by atoms with Crippen molar-refractivity contribution in [3.05, 3.63) is 22.4 Å². The van der Waals surface area contributed by atoms with E-state index < -0.39 is 42.5 Å². The fraction of sp³-hybridized carbons (Fsp3) is 0.467. The van der Waals surface area contributed by atoms with Crippen LogP contribution in [0.4, 0.5) is 4.79 Å². The molecule has 2 heterocycles. The minimum atomic E-state index is -1.00. The normalized spacial score (nSPS) is 20.0. The molecule has 0 aliphatic carbocycles. The number of rotatable bonds is 7. The van der Waals surface area contributed by atoms with Crippen molar-refractivity contribution < 1.29 is 23.9 Å². The van der Waals surface area contributed by atoms with Crippen LogP contribution >= 0.6 is 11.3 Å².